The first-order valence-corrected chi connectivity index (χ1v) is 7.22. The van der Waals surface area contributed by atoms with Crippen molar-refractivity contribution in [2.24, 2.45) is 0 Å². The Labute approximate surface area is 120 Å². The molecule has 0 radical (unpaired) electrons. The fraction of sp³-hybridized carbons (Fsp3) is 0.133. The van der Waals surface area contributed by atoms with Gasteiger partial charge in [0.1, 0.15) is 5.82 Å². The third-order valence-electron chi connectivity index (χ3n) is 2.85. The van der Waals surface area contributed by atoms with Gasteiger partial charge < -0.3 is 10.4 Å². The van der Waals surface area contributed by atoms with Gasteiger partial charge in [-0.2, -0.15) is 0 Å². The lowest BCUT2D eigenvalue weighted by molar-refractivity contribution is 0.0692. The van der Waals surface area contributed by atoms with Crippen molar-refractivity contribution in [2.75, 3.05) is 11.6 Å². The number of nitrogens with one attached hydrogen (secondary N) is 1. The molecule has 0 aliphatic rings. The van der Waals surface area contributed by atoms with Crippen LogP contribution in [0.3, 0.4) is 0 Å². The number of benzene rings is 2. The molecule has 0 amide bonds. The van der Waals surface area contributed by atoms with Crippen LogP contribution in [0.15, 0.2) is 47.4 Å². The molecule has 0 aliphatic heterocycles. The van der Waals surface area contributed by atoms with E-state index in [0.717, 1.165) is 5.69 Å². The van der Waals surface area contributed by atoms with Gasteiger partial charge in [0.25, 0.3) is 0 Å². The van der Waals surface area contributed by atoms with Crippen LogP contribution in [0.5, 0.6) is 0 Å². The molecule has 0 atom stereocenters. The molecule has 0 aromatic heterocycles. The zero-order chi connectivity index (χ0) is 14.5. The van der Waals surface area contributed by atoms with Gasteiger partial charge in [-0.1, -0.05) is 6.07 Å². The molecule has 0 heterocycles. The summed E-state index contributed by atoms with van der Waals surface area (Å²) in [5.41, 5.74) is 1.32. The Morgan fingerprint density at radius 3 is 2.50 bits per heavy atom. The predicted molar refractivity (Wildman–Crippen MR) is 78.9 cm³/mol. The molecule has 0 spiro atoms. The summed E-state index contributed by atoms with van der Waals surface area (Å²) in [6.45, 7) is 0.440. The first-order chi connectivity index (χ1) is 9.60. The van der Waals surface area contributed by atoms with Crippen LogP contribution in [0.2, 0.25) is 0 Å². The summed E-state index contributed by atoms with van der Waals surface area (Å²) in [7, 11) is 0. The number of carboxylic acids is 1. The molecule has 0 saturated heterocycles. The van der Waals surface area contributed by atoms with E-state index in [1.165, 1.54) is 17.0 Å². The van der Waals surface area contributed by atoms with E-state index in [4.69, 9.17) is 5.11 Å². The summed E-state index contributed by atoms with van der Waals surface area (Å²) in [5, 5.41) is 11.9. The Bertz CT molecular complexity index is 614. The molecule has 104 valence electrons. The summed E-state index contributed by atoms with van der Waals surface area (Å²) < 4.78 is 13.5. The van der Waals surface area contributed by atoms with E-state index < -0.39 is 11.8 Å². The summed E-state index contributed by atoms with van der Waals surface area (Å²) in [6, 6.07) is 12.0. The van der Waals surface area contributed by atoms with Crippen molar-refractivity contribution in [3.05, 3.63) is 59.4 Å². The zero-order valence-corrected chi connectivity index (χ0v) is 11.7. The molecule has 0 saturated carbocycles. The normalized spacial score (nSPS) is 10.3. The third kappa shape index (κ3) is 3.51. The van der Waals surface area contributed by atoms with Crippen molar-refractivity contribution in [1.29, 1.82) is 0 Å². The van der Waals surface area contributed by atoms with Gasteiger partial charge in [0.05, 0.1) is 5.56 Å². The maximum Gasteiger partial charge on any atom is 0.338 e. The van der Waals surface area contributed by atoms with Crippen molar-refractivity contribution in [1.82, 2.24) is 0 Å². The summed E-state index contributed by atoms with van der Waals surface area (Å²) in [5.74, 6) is -1.97. The van der Waals surface area contributed by atoms with Crippen LogP contribution in [0.4, 0.5) is 10.1 Å². The predicted octanol–water partition coefficient (Wildman–Crippen LogP) is 3.86. The molecule has 3 nitrogen and oxygen atoms in total. The van der Waals surface area contributed by atoms with Gasteiger partial charge in [0.15, 0.2) is 0 Å². The van der Waals surface area contributed by atoms with Crippen LogP contribution in [0.1, 0.15) is 15.9 Å². The van der Waals surface area contributed by atoms with E-state index in [-0.39, 0.29) is 5.56 Å². The Balaban J connectivity index is 2.03. The molecule has 0 aliphatic carbocycles. The molecule has 0 fully saturated rings. The molecule has 20 heavy (non-hydrogen) atoms. The number of hydrogen-bond acceptors (Lipinski definition) is 3. The van der Waals surface area contributed by atoms with Gasteiger partial charge in [-0.3, -0.25) is 0 Å². The van der Waals surface area contributed by atoms with E-state index in [2.05, 4.69) is 5.32 Å². The summed E-state index contributed by atoms with van der Waals surface area (Å²) in [4.78, 5) is 11.9. The number of rotatable bonds is 5. The number of halogens is 1. The smallest absolute Gasteiger partial charge is 0.338 e. The molecule has 2 aromatic carbocycles. The Hall–Kier alpha value is -2.01. The molecule has 2 aromatic rings. The van der Waals surface area contributed by atoms with Crippen molar-refractivity contribution >= 4 is 23.4 Å². The van der Waals surface area contributed by atoms with Crippen LogP contribution in [0.25, 0.3) is 0 Å². The molecule has 0 unspecified atom stereocenters. The van der Waals surface area contributed by atoms with Crippen LogP contribution >= 0.6 is 11.8 Å². The number of carboxylic acid groups (broad SMARTS) is 1. The van der Waals surface area contributed by atoms with E-state index in [0.29, 0.717) is 12.1 Å². The van der Waals surface area contributed by atoms with Crippen LogP contribution in [-0.2, 0) is 6.54 Å². The van der Waals surface area contributed by atoms with Crippen LogP contribution in [0, 0.1) is 5.82 Å². The fourth-order valence-corrected chi connectivity index (χ4v) is 2.16. The number of carbonyl (C=O) groups is 1. The highest BCUT2D eigenvalue weighted by Crippen LogP contribution is 2.18. The number of anilines is 1. The standard InChI is InChI=1S/C15H14FNO2S/c1-20-12-5-3-11(4-6-12)17-9-10-2-7-13(15(18)19)14(16)8-10/h2-8,17H,9H2,1H3,(H,18,19). The largest absolute Gasteiger partial charge is 0.478 e. The van der Waals surface area contributed by atoms with Crippen LogP contribution in [-0.4, -0.2) is 17.3 Å². The lowest BCUT2D eigenvalue weighted by Crippen LogP contribution is -2.04. The van der Waals surface area contributed by atoms with Gasteiger partial charge in [0.2, 0.25) is 0 Å². The molecule has 5 heteroatoms. The Morgan fingerprint density at radius 1 is 1.25 bits per heavy atom. The number of thioether (sulfide) groups is 1. The fourth-order valence-electron chi connectivity index (χ4n) is 1.76. The highest BCUT2D eigenvalue weighted by atomic mass is 32.2. The van der Waals surface area contributed by atoms with Gasteiger partial charge in [-0.25, -0.2) is 9.18 Å². The average Bonchev–Trinajstić information content (AvgIpc) is 2.45. The van der Waals surface area contributed by atoms with Gasteiger partial charge in [0, 0.05) is 17.1 Å². The van der Waals surface area contributed by atoms with E-state index in [1.807, 2.05) is 30.5 Å². The van der Waals surface area contributed by atoms with Gasteiger partial charge >= 0.3 is 5.97 Å². The first-order valence-electron chi connectivity index (χ1n) is 6.00. The highest BCUT2D eigenvalue weighted by Gasteiger charge is 2.10. The monoisotopic (exact) mass is 291 g/mol. The molecular weight excluding hydrogens is 277 g/mol. The maximum atomic E-state index is 13.5. The summed E-state index contributed by atoms with van der Waals surface area (Å²) >= 11 is 1.67. The maximum absolute atomic E-state index is 13.5. The lowest BCUT2D eigenvalue weighted by Gasteiger charge is -2.08. The number of hydrogen-bond donors (Lipinski definition) is 2. The van der Waals surface area contributed by atoms with Crippen molar-refractivity contribution in [3.8, 4) is 0 Å². The van der Waals surface area contributed by atoms with Crippen molar-refractivity contribution in [2.45, 2.75) is 11.4 Å². The number of aromatic carboxylic acids is 1. The van der Waals surface area contributed by atoms with E-state index >= 15 is 0 Å². The Kier molecular flexibility index (Phi) is 4.63. The first kappa shape index (κ1) is 14.4. The second-order valence-corrected chi connectivity index (χ2v) is 5.08. The minimum Gasteiger partial charge on any atom is -0.478 e. The van der Waals surface area contributed by atoms with E-state index in [9.17, 15) is 9.18 Å². The minimum atomic E-state index is -1.25. The lowest BCUT2D eigenvalue weighted by atomic mass is 10.1. The molecule has 0 bridgehead atoms. The quantitative estimate of drug-likeness (QED) is 0.821. The Morgan fingerprint density at radius 2 is 1.95 bits per heavy atom. The zero-order valence-electron chi connectivity index (χ0n) is 10.9. The van der Waals surface area contributed by atoms with Crippen molar-refractivity contribution < 1.29 is 14.3 Å². The molecule has 2 rings (SSSR count). The second kappa shape index (κ2) is 6.43. The average molecular weight is 291 g/mol. The molecular formula is C15H14FNO2S. The van der Waals surface area contributed by atoms with Crippen molar-refractivity contribution in [3.63, 3.8) is 0 Å². The minimum absolute atomic E-state index is 0.307. The van der Waals surface area contributed by atoms with E-state index in [1.54, 1.807) is 17.8 Å². The van der Waals surface area contributed by atoms with Gasteiger partial charge in [-0.15, -0.1) is 11.8 Å². The second-order valence-electron chi connectivity index (χ2n) is 4.20. The molecule has 2 N–H and O–H groups in total. The summed E-state index contributed by atoms with van der Waals surface area (Å²) in [6.07, 6.45) is 2.01. The SMILES string of the molecule is CSc1ccc(NCc2ccc(C(=O)O)c(F)c2)cc1. The topological polar surface area (TPSA) is 49.3 Å². The highest BCUT2D eigenvalue weighted by molar-refractivity contribution is 7.98. The van der Waals surface area contributed by atoms with Crippen LogP contribution < -0.4 is 5.32 Å². The van der Waals surface area contributed by atoms with Gasteiger partial charge in [-0.05, 0) is 48.2 Å². The third-order valence-corrected chi connectivity index (χ3v) is 3.59.